The molecular formula is C11H7N3O. The summed E-state index contributed by atoms with van der Waals surface area (Å²) in [5, 5.41) is 17.1. The number of nitriles is 2. The number of nitrogens with zero attached hydrogens (tertiary/aromatic N) is 3. The van der Waals surface area contributed by atoms with Gasteiger partial charge in [-0.3, -0.25) is 4.79 Å². The molecule has 0 bridgehead atoms. The number of amides is 1. The third-order valence-electron chi connectivity index (χ3n) is 2.28. The molecule has 1 atom stereocenters. The Labute approximate surface area is 87.0 Å². The summed E-state index contributed by atoms with van der Waals surface area (Å²) in [5.41, 5.74) is 1.04. The minimum absolute atomic E-state index is 0.147. The number of rotatable bonds is 1. The van der Waals surface area contributed by atoms with Crippen LogP contribution in [0.2, 0.25) is 0 Å². The van der Waals surface area contributed by atoms with E-state index in [-0.39, 0.29) is 11.9 Å². The minimum Gasteiger partial charge on any atom is -0.318 e. The van der Waals surface area contributed by atoms with E-state index in [1.165, 1.54) is 4.90 Å². The van der Waals surface area contributed by atoms with E-state index in [1.54, 1.807) is 24.3 Å². The first-order valence-corrected chi connectivity index (χ1v) is 4.47. The molecule has 1 saturated heterocycles. The van der Waals surface area contributed by atoms with Crippen molar-refractivity contribution in [2.24, 2.45) is 0 Å². The summed E-state index contributed by atoms with van der Waals surface area (Å²) in [5.74, 6) is -0.147. The van der Waals surface area contributed by atoms with Crippen molar-refractivity contribution >= 4 is 5.91 Å². The van der Waals surface area contributed by atoms with Gasteiger partial charge in [0.2, 0.25) is 0 Å². The quantitative estimate of drug-likeness (QED) is 0.628. The first kappa shape index (κ1) is 9.23. The molecule has 2 rings (SSSR count). The van der Waals surface area contributed by atoms with Gasteiger partial charge in [0.15, 0.2) is 0 Å². The number of carbonyl (C=O) groups excluding carboxylic acids is 1. The molecule has 1 fully saturated rings. The van der Waals surface area contributed by atoms with E-state index in [2.05, 4.69) is 0 Å². The second-order valence-electron chi connectivity index (χ2n) is 3.29. The van der Waals surface area contributed by atoms with Gasteiger partial charge in [0.25, 0.3) is 5.91 Å². The normalized spacial score (nSPS) is 17.7. The highest BCUT2D eigenvalue weighted by atomic mass is 16.2. The average molecular weight is 197 g/mol. The molecule has 1 aromatic rings. The van der Waals surface area contributed by atoms with Gasteiger partial charge in [-0.25, -0.2) is 0 Å². The topological polar surface area (TPSA) is 67.7 Å². The SMILES string of the molecule is N#Cc1ccc(C(=O)N2CC2C#N)cc1. The van der Waals surface area contributed by atoms with E-state index >= 15 is 0 Å². The third-order valence-corrected chi connectivity index (χ3v) is 2.28. The summed E-state index contributed by atoms with van der Waals surface area (Å²) in [6, 6.07) is 10.1. The molecule has 0 spiro atoms. The Morgan fingerprint density at radius 1 is 1.33 bits per heavy atom. The Balaban J connectivity index is 2.15. The van der Waals surface area contributed by atoms with Gasteiger partial charge in [0, 0.05) is 5.56 Å². The van der Waals surface area contributed by atoms with Gasteiger partial charge < -0.3 is 4.90 Å². The molecule has 1 amide bonds. The molecule has 72 valence electrons. The van der Waals surface area contributed by atoms with Crippen LogP contribution in [-0.2, 0) is 0 Å². The summed E-state index contributed by atoms with van der Waals surface area (Å²) in [6.07, 6.45) is 0. The van der Waals surface area contributed by atoms with Gasteiger partial charge in [-0.2, -0.15) is 10.5 Å². The number of hydrogen-bond acceptors (Lipinski definition) is 3. The third kappa shape index (κ3) is 1.66. The van der Waals surface area contributed by atoms with Crippen molar-refractivity contribution in [2.75, 3.05) is 6.54 Å². The summed E-state index contributed by atoms with van der Waals surface area (Å²) in [6.45, 7) is 0.509. The molecular weight excluding hydrogens is 190 g/mol. The molecule has 1 unspecified atom stereocenters. The van der Waals surface area contributed by atoms with E-state index in [9.17, 15) is 4.79 Å². The van der Waals surface area contributed by atoms with Gasteiger partial charge in [-0.15, -0.1) is 0 Å². The molecule has 0 N–H and O–H groups in total. The number of hydrogen-bond donors (Lipinski definition) is 0. The molecule has 15 heavy (non-hydrogen) atoms. The molecule has 4 nitrogen and oxygen atoms in total. The lowest BCUT2D eigenvalue weighted by molar-refractivity contribution is 0.0879. The summed E-state index contributed by atoms with van der Waals surface area (Å²) < 4.78 is 0. The second-order valence-corrected chi connectivity index (χ2v) is 3.29. The van der Waals surface area contributed by atoms with Gasteiger partial charge in [-0.1, -0.05) is 0 Å². The van der Waals surface area contributed by atoms with Gasteiger partial charge in [-0.05, 0) is 24.3 Å². The molecule has 0 aromatic heterocycles. The number of carbonyl (C=O) groups is 1. The van der Waals surface area contributed by atoms with Crippen molar-refractivity contribution in [2.45, 2.75) is 6.04 Å². The molecule has 1 aliphatic heterocycles. The summed E-state index contributed by atoms with van der Waals surface area (Å²) in [7, 11) is 0. The van der Waals surface area contributed by atoms with E-state index in [0.29, 0.717) is 17.7 Å². The van der Waals surface area contributed by atoms with Crippen LogP contribution >= 0.6 is 0 Å². The van der Waals surface area contributed by atoms with Crippen molar-refractivity contribution in [3.8, 4) is 12.1 Å². The Morgan fingerprint density at radius 3 is 2.47 bits per heavy atom. The molecule has 0 radical (unpaired) electrons. The van der Waals surface area contributed by atoms with Crippen LogP contribution in [0.4, 0.5) is 0 Å². The Kier molecular flexibility index (Phi) is 2.11. The second kappa shape index (κ2) is 3.43. The van der Waals surface area contributed by atoms with Crippen molar-refractivity contribution in [1.29, 1.82) is 10.5 Å². The van der Waals surface area contributed by atoms with Crippen LogP contribution in [-0.4, -0.2) is 23.4 Å². The van der Waals surface area contributed by atoms with E-state index < -0.39 is 0 Å². The maximum absolute atomic E-state index is 11.7. The van der Waals surface area contributed by atoms with Crippen LogP contribution < -0.4 is 0 Å². The standard InChI is InChI=1S/C11H7N3O/c12-5-8-1-3-9(4-2-8)11(15)14-7-10(14)6-13/h1-4,10H,7H2. The van der Waals surface area contributed by atoms with E-state index in [4.69, 9.17) is 10.5 Å². The van der Waals surface area contributed by atoms with Crippen molar-refractivity contribution in [3.63, 3.8) is 0 Å². The predicted molar refractivity (Wildman–Crippen MR) is 51.6 cm³/mol. The smallest absolute Gasteiger partial charge is 0.255 e. The average Bonchev–Trinajstić information content (AvgIpc) is 3.07. The zero-order valence-corrected chi connectivity index (χ0v) is 7.84. The monoisotopic (exact) mass is 197 g/mol. The Bertz CT molecular complexity index is 478. The summed E-state index contributed by atoms with van der Waals surface area (Å²) >= 11 is 0. The van der Waals surface area contributed by atoms with Crippen LogP contribution in [0.3, 0.4) is 0 Å². The van der Waals surface area contributed by atoms with E-state index in [0.717, 1.165) is 0 Å². The highest BCUT2D eigenvalue weighted by Gasteiger charge is 2.38. The van der Waals surface area contributed by atoms with Crippen LogP contribution in [0.5, 0.6) is 0 Å². The number of benzene rings is 1. The minimum atomic E-state index is -0.270. The molecule has 0 saturated carbocycles. The fourth-order valence-corrected chi connectivity index (χ4v) is 1.33. The van der Waals surface area contributed by atoms with Crippen LogP contribution in [0, 0.1) is 22.7 Å². The molecule has 1 heterocycles. The lowest BCUT2D eigenvalue weighted by Crippen LogP contribution is -2.12. The van der Waals surface area contributed by atoms with Gasteiger partial charge >= 0.3 is 0 Å². The van der Waals surface area contributed by atoms with Gasteiger partial charge in [0.1, 0.15) is 6.04 Å². The maximum Gasteiger partial charge on any atom is 0.255 e. The molecule has 0 aliphatic carbocycles. The largest absolute Gasteiger partial charge is 0.318 e. The van der Waals surface area contributed by atoms with Crippen molar-refractivity contribution < 1.29 is 4.79 Å². The van der Waals surface area contributed by atoms with Crippen LogP contribution in [0.25, 0.3) is 0 Å². The maximum atomic E-state index is 11.7. The first-order valence-electron chi connectivity index (χ1n) is 4.47. The van der Waals surface area contributed by atoms with E-state index in [1.807, 2.05) is 12.1 Å². The zero-order chi connectivity index (χ0) is 10.8. The first-order chi connectivity index (χ1) is 7.26. The van der Waals surface area contributed by atoms with Crippen LogP contribution in [0.15, 0.2) is 24.3 Å². The highest BCUT2D eigenvalue weighted by Crippen LogP contribution is 2.20. The fraction of sp³-hybridized carbons (Fsp3) is 0.182. The van der Waals surface area contributed by atoms with Gasteiger partial charge in [0.05, 0.1) is 24.2 Å². The van der Waals surface area contributed by atoms with Crippen molar-refractivity contribution in [3.05, 3.63) is 35.4 Å². The highest BCUT2D eigenvalue weighted by molar-refractivity contribution is 5.96. The van der Waals surface area contributed by atoms with Crippen molar-refractivity contribution in [1.82, 2.24) is 4.90 Å². The molecule has 1 aliphatic rings. The Morgan fingerprint density at radius 2 is 2.00 bits per heavy atom. The molecule has 4 heteroatoms. The fourth-order valence-electron chi connectivity index (χ4n) is 1.33. The Hall–Kier alpha value is -2.33. The molecule has 1 aromatic carbocycles. The summed E-state index contributed by atoms with van der Waals surface area (Å²) in [4.78, 5) is 13.2. The zero-order valence-electron chi connectivity index (χ0n) is 7.84. The predicted octanol–water partition coefficient (Wildman–Crippen LogP) is 0.906. The lowest BCUT2D eigenvalue weighted by atomic mass is 10.1. The van der Waals surface area contributed by atoms with Crippen LogP contribution in [0.1, 0.15) is 15.9 Å². The lowest BCUT2D eigenvalue weighted by Gasteiger charge is -2.01.